The van der Waals surface area contributed by atoms with Crippen molar-refractivity contribution in [3.8, 4) is 17.1 Å². The minimum absolute atomic E-state index is 0.317. The standard InChI is InChI=1S/C21H15Cl2N3O2/c1-28-19-9-7-12(20-24-16-4-2-3-5-17(16)25-20)11-18(19)26-21(27)13-6-8-14(22)15(23)10-13/h2-11H,1H3,(H,24,25)(H,26,27). The monoisotopic (exact) mass is 411 g/mol. The second kappa shape index (κ2) is 7.54. The summed E-state index contributed by atoms with van der Waals surface area (Å²) in [6, 6.07) is 18.0. The Hall–Kier alpha value is -3.02. The molecular formula is C21H15Cl2N3O2. The van der Waals surface area contributed by atoms with Gasteiger partial charge in [0.05, 0.1) is 33.9 Å². The molecule has 0 aliphatic carbocycles. The van der Waals surface area contributed by atoms with Crippen molar-refractivity contribution in [1.29, 1.82) is 0 Å². The minimum atomic E-state index is -0.321. The normalized spacial score (nSPS) is 10.8. The molecule has 4 aromatic rings. The third kappa shape index (κ3) is 3.54. The number of H-pyrrole nitrogens is 1. The zero-order chi connectivity index (χ0) is 19.7. The minimum Gasteiger partial charge on any atom is -0.495 e. The summed E-state index contributed by atoms with van der Waals surface area (Å²) in [6.45, 7) is 0. The van der Waals surface area contributed by atoms with Crippen LogP contribution in [0, 0.1) is 0 Å². The predicted octanol–water partition coefficient (Wildman–Crippen LogP) is 5.80. The quantitative estimate of drug-likeness (QED) is 0.445. The number of carbonyl (C=O) groups is 1. The average Bonchev–Trinajstić information content (AvgIpc) is 3.14. The Morgan fingerprint density at radius 3 is 2.61 bits per heavy atom. The maximum absolute atomic E-state index is 12.6. The van der Waals surface area contributed by atoms with E-state index in [9.17, 15) is 4.79 Å². The second-order valence-corrected chi connectivity index (χ2v) is 6.92. The van der Waals surface area contributed by atoms with E-state index >= 15 is 0 Å². The summed E-state index contributed by atoms with van der Waals surface area (Å²) in [5.74, 6) is 0.917. The molecule has 0 bridgehead atoms. The van der Waals surface area contributed by atoms with Gasteiger partial charge in [-0.05, 0) is 48.5 Å². The third-order valence-electron chi connectivity index (χ3n) is 4.29. The Kier molecular flexibility index (Phi) is 4.94. The van der Waals surface area contributed by atoms with Gasteiger partial charge in [0.15, 0.2) is 0 Å². The number of para-hydroxylation sites is 2. The lowest BCUT2D eigenvalue weighted by molar-refractivity contribution is 0.102. The lowest BCUT2D eigenvalue weighted by Gasteiger charge is -2.12. The number of anilines is 1. The van der Waals surface area contributed by atoms with Crippen molar-refractivity contribution in [2.24, 2.45) is 0 Å². The maximum Gasteiger partial charge on any atom is 0.255 e. The van der Waals surface area contributed by atoms with Gasteiger partial charge in [-0.15, -0.1) is 0 Å². The van der Waals surface area contributed by atoms with Crippen LogP contribution in [-0.2, 0) is 0 Å². The molecule has 0 radical (unpaired) electrons. The molecule has 7 heteroatoms. The molecular weight excluding hydrogens is 397 g/mol. The van der Waals surface area contributed by atoms with Crippen LogP contribution in [-0.4, -0.2) is 23.0 Å². The van der Waals surface area contributed by atoms with Gasteiger partial charge in [-0.25, -0.2) is 4.98 Å². The molecule has 0 aliphatic heterocycles. The molecule has 0 atom stereocenters. The molecule has 1 aromatic heterocycles. The number of fused-ring (bicyclic) bond motifs is 1. The summed E-state index contributed by atoms with van der Waals surface area (Å²) >= 11 is 11.9. The molecule has 28 heavy (non-hydrogen) atoms. The van der Waals surface area contributed by atoms with E-state index in [0.717, 1.165) is 16.6 Å². The molecule has 140 valence electrons. The van der Waals surface area contributed by atoms with Crippen molar-refractivity contribution >= 4 is 45.8 Å². The fourth-order valence-corrected chi connectivity index (χ4v) is 3.17. The number of carbonyl (C=O) groups excluding carboxylic acids is 1. The Bertz CT molecular complexity index is 1150. The molecule has 0 fully saturated rings. The lowest BCUT2D eigenvalue weighted by Crippen LogP contribution is -2.12. The number of rotatable bonds is 4. The van der Waals surface area contributed by atoms with Crippen LogP contribution in [0.3, 0.4) is 0 Å². The Labute approximate surface area is 171 Å². The fourth-order valence-electron chi connectivity index (χ4n) is 2.87. The molecule has 4 rings (SSSR count). The van der Waals surface area contributed by atoms with Crippen molar-refractivity contribution in [1.82, 2.24) is 9.97 Å². The largest absolute Gasteiger partial charge is 0.495 e. The number of halogens is 2. The zero-order valence-electron chi connectivity index (χ0n) is 14.8. The molecule has 2 N–H and O–H groups in total. The highest BCUT2D eigenvalue weighted by Crippen LogP contribution is 2.31. The average molecular weight is 412 g/mol. The number of amides is 1. The summed E-state index contributed by atoms with van der Waals surface area (Å²) in [4.78, 5) is 20.5. The van der Waals surface area contributed by atoms with E-state index in [1.54, 1.807) is 25.3 Å². The van der Waals surface area contributed by atoms with Gasteiger partial charge < -0.3 is 15.0 Å². The summed E-state index contributed by atoms with van der Waals surface area (Å²) < 4.78 is 5.38. The van der Waals surface area contributed by atoms with Crippen molar-refractivity contribution in [2.45, 2.75) is 0 Å². The summed E-state index contributed by atoms with van der Waals surface area (Å²) in [6.07, 6.45) is 0. The van der Waals surface area contributed by atoms with Gasteiger partial charge >= 0.3 is 0 Å². The summed E-state index contributed by atoms with van der Waals surface area (Å²) in [7, 11) is 1.55. The number of ether oxygens (including phenoxy) is 1. The number of hydrogen-bond acceptors (Lipinski definition) is 3. The van der Waals surface area contributed by atoms with E-state index in [4.69, 9.17) is 27.9 Å². The molecule has 0 saturated carbocycles. The van der Waals surface area contributed by atoms with Gasteiger partial charge in [-0.1, -0.05) is 35.3 Å². The molecule has 5 nitrogen and oxygen atoms in total. The van der Waals surface area contributed by atoms with Crippen LogP contribution in [0.15, 0.2) is 60.7 Å². The van der Waals surface area contributed by atoms with Crippen LogP contribution >= 0.6 is 23.2 Å². The van der Waals surface area contributed by atoms with E-state index in [1.165, 1.54) is 6.07 Å². The van der Waals surface area contributed by atoms with Crippen LogP contribution in [0.5, 0.6) is 5.75 Å². The highest BCUT2D eigenvalue weighted by atomic mass is 35.5. The Morgan fingerprint density at radius 1 is 1.04 bits per heavy atom. The van der Waals surface area contributed by atoms with Crippen LogP contribution in [0.4, 0.5) is 5.69 Å². The van der Waals surface area contributed by atoms with E-state index in [1.807, 2.05) is 36.4 Å². The molecule has 1 heterocycles. The summed E-state index contributed by atoms with van der Waals surface area (Å²) in [5, 5.41) is 3.57. The molecule has 3 aromatic carbocycles. The van der Waals surface area contributed by atoms with Crippen molar-refractivity contribution in [3.63, 3.8) is 0 Å². The number of aromatic nitrogens is 2. The molecule has 0 spiro atoms. The smallest absolute Gasteiger partial charge is 0.255 e. The van der Waals surface area contributed by atoms with Crippen molar-refractivity contribution in [2.75, 3.05) is 12.4 Å². The van der Waals surface area contributed by atoms with E-state index in [0.29, 0.717) is 32.9 Å². The second-order valence-electron chi connectivity index (χ2n) is 6.10. The van der Waals surface area contributed by atoms with Crippen LogP contribution in [0.2, 0.25) is 10.0 Å². The Morgan fingerprint density at radius 2 is 1.86 bits per heavy atom. The molecule has 0 aliphatic rings. The van der Waals surface area contributed by atoms with Crippen molar-refractivity contribution in [3.05, 3.63) is 76.3 Å². The zero-order valence-corrected chi connectivity index (χ0v) is 16.3. The predicted molar refractivity (Wildman–Crippen MR) is 112 cm³/mol. The topological polar surface area (TPSA) is 67.0 Å². The third-order valence-corrected chi connectivity index (χ3v) is 5.03. The van der Waals surface area contributed by atoms with Crippen LogP contribution in [0.1, 0.15) is 10.4 Å². The molecule has 0 saturated heterocycles. The number of methoxy groups -OCH3 is 1. The SMILES string of the molecule is COc1ccc(-c2nc3ccccc3[nH]2)cc1NC(=O)c1ccc(Cl)c(Cl)c1. The highest BCUT2D eigenvalue weighted by molar-refractivity contribution is 6.42. The molecule has 1 amide bonds. The number of aromatic amines is 1. The van der Waals surface area contributed by atoms with Gasteiger partial charge in [0.2, 0.25) is 0 Å². The van der Waals surface area contributed by atoms with Gasteiger partial charge in [0.25, 0.3) is 5.91 Å². The first-order valence-corrected chi connectivity index (χ1v) is 9.20. The Balaban J connectivity index is 1.68. The number of hydrogen-bond donors (Lipinski definition) is 2. The number of nitrogens with zero attached hydrogens (tertiary/aromatic N) is 1. The molecule has 0 unspecified atom stereocenters. The number of benzene rings is 3. The van der Waals surface area contributed by atoms with Crippen LogP contribution in [0.25, 0.3) is 22.4 Å². The first-order chi connectivity index (χ1) is 13.5. The fraction of sp³-hybridized carbons (Fsp3) is 0.0476. The van der Waals surface area contributed by atoms with Crippen molar-refractivity contribution < 1.29 is 9.53 Å². The number of imidazole rings is 1. The first kappa shape index (κ1) is 18.3. The van der Waals surface area contributed by atoms with E-state index in [2.05, 4.69) is 15.3 Å². The van der Waals surface area contributed by atoms with E-state index < -0.39 is 0 Å². The lowest BCUT2D eigenvalue weighted by atomic mass is 10.1. The van der Waals surface area contributed by atoms with Gasteiger partial charge in [0, 0.05) is 11.1 Å². The summed E-state index contributed by atoms with van der Waals surface area (Å²) in [5.41, 5.74) is 3.55. The van der Waals surface area contributed by atoms with Crippen LogP contribution < -0.4 is 10.1 Å². The number of nitrogens with one attached hydrogen (secondary N) is 2. The van der Waals surface area contributed by atoms with Gasteiger partial charge in [-0.2, -0.15) is 0 Å². The highest BCUT2D eigenvalue weighted by Gasteiger charge is 2.14. The maximum atomic E-state index is 12.6. The van der Waals surface area contributed by atoms with E-state index in [-0.39, 0.29) is 5.91 Å². The van der Waals surface area contributed by atoms with Gasteiger partial charge in [0.1, 0.15) is 11.6 Å². The first-order valence-electron chi connectivity index (χ1n) is 8.45. The van der Waals surface area contributed by atoms with Gasteiger partial charge in [-0.3, -0.25) is 4.79 Å².